The third kappa shape index (κ3) is 2.35. The molecule has 16 heavy (non-hydrogen) atoms. The fraction of sp³-hybridized carbons (Fsp3) is 0.462. The molecular formula is C13H16O3. The number of hydrogen-bond acceptors (Lipinski definition) is 3. The Labute approximate surface area is 95.4 Å². The van der Waals surface area contributed by atoms with Gasteiger partial charge in [-0.25, -0.2) is 0 Å². The normalized spacial score (nSPS) is 33.8. The van der Waals surface area contributed by atoms with Crippen LogP contribution in [0.2, 0.25) is 0 Å². The number of hydrogen-bond donors (Lipinski definition) is 0. The molecule has 1 fully saturated rings. The zero-order chi connectivity index (χ0) is 11.5. The minimum absolute atomic E-state index is 0.0664. The second-order valence-corrected chi connectivity index (χ2v) is 4.23. The summed E-state index contributed by atoms with van der Waals surface area (Å²) in [4.78, 5) is 11.8. The van der Waals surface area contributed by atoms with Crippen molar-refractivity contribution in [1.29, 1.82) is 0 Å². The van der Waals surface area contributed by atoms with E-state index < -0.39 is 5.92 Å². The summed E-state index contributed by atoms with van der Waals surface area (Å²) in [5, 5.41) is 0. The van der Waals surface area contributed by atoms with Crippen LogP contribution < -0.4 is 0 Å². The predicted molar refractivity (Wildman–Crippen MR) is 60.6 cm³/mol. The van der Waals surface area contributed by atoms with Gasteiger partial charge in [-0.3, -0.25) is 4.79 Å². The Morgan fingerprint density at radius 3 is 2.69 bits per heavy atom. The largest absolute Gasteiger partial charge is 0.494 e. The molecule has 0 amide bonds. The summed E-state index contributed by atoms with van der Waals surface area (Å²) in [7, 11) is 0. The molecule has 1 aliphatic heterocycles. The standard InChI is InChI=1S/C13H16O3/c1-9-8-10(2)16-13(14)11-6-4-3-5-7-12(11)15-9/h3-7,9-11H,8H2,1-2H3/t9-,10+,11+/m0/s1. The van der Waals surface area contributed by atoms with Crippen molar-refractivity contribution in [3.05, 3.63) is 36.1 Å². The lowest BCUT2D eigenvalue weighted by Gasteiger charge is -2.27. The molecule has 86 valence electrons. The Morgan fingerprint density at radius 1 is 1.12 bits per heavy atom. The highest BCUT2D eigenvalue weighted by Gasteiger charge is 2.29. The molecule has 3 nitrogen and oxygen atoms in total. The van der Waals surface area contributed by atoms with Crippen molar-refractivity contribution in [1.82, 2.24) is 0 Å². The van der Waals surface area contributed by atoms with E-state index in [1.165, 1.54) is 0 Å². The van der Waals surface area contributed by atoms with Gasteiger partial charge in [-0.1, -0.05) is 24.3 Å². The van der Waals surface area contributed by atoms with Crippen molar-refractivity contribution in [3.8, 4) is 0 Å². The molecule has 3 heteroatoms. The summed E-state index contributed by atoms with van der Waals surface area (Å²) in [5.74, 6) is 0.0419. The summed E-state index contributed by atoms with van der Waals surface area (Å²) in [6, 6.07) is 0. The monoisotopic (exact) mass is 220 g/mol. The van der Waals surface area contributed by atoms with Crippen LogP contribution in [-0.2, 0) is 14.3 Å². The van der Waals surface area contributed by atoms with Gasteiger partial charge < -0.3 is 9.47 Å². The van der Waals surface area contributed by atoms with Crippen molar-refractivity contribution < 1.29 is 14.3 Å². The average Bonchev–Trinajstić information content (AvgIpc) is 2.40. The van der Waals surface area contributed by atoms with Gasteiger partial charge in [-0.2, -0.15) is 0 Å². The van der Waals surface area contributed by atoms with Crippen molar-refractivity contribution in [2.75, 3.05) is 0 Å². The highest BCUT2D eigenvalue weighted by atomic mass is 16.6. The maximum absolute atomic E-state index is 11.8. The number of ether oxygens (including phenoxy) is 2. The molecule has 3 atom stereocenters. The number of allylic oxidation sites excluding steroid dienone is 4. The summed E-state index contributed by atoms with van der Waals surface area (Å²) in [6.07, 6.45) is 9.93. The zero-order valence-electron chi connectivity index (χ0n) is 9.55. The van der Waals surface area contributed by atoms with Crippen LogP contribution in [-0.4, -0.2) is 18.2 Å². The van der Waals surface area contributed by atoms with Gasteiger partial charge in [0, 0.05) is 6.42 Å². The van der Waals surface area contributed by atoms with Gasteiger partial charge in [0.1, 0.15) is 17.8 Å². The van der Waals surface area contributed by atoms with Crippen LogP contribution in [0.1, 0.15) is 20.3 Å². The highest BCUT2D eigenvalue weighted by Crippen LogP contribution is 2.25. The number of rotatable bonds is 0. The molecule has 0 aromatic carbocycles. The molecule has 0 N–H and O–H groups in total. The van der Waals surface area contributed by atoms with Crippen LogP contribution in [0.25, 0.3) is 0 Å². The molecule has 1 heterocycles. The maximum Gasteiger partial charge on any atom is 0.320 e. The van der Waals surface area contributed by atoms with Crippen LogP contribution >= 0.6 is 0 Å². The van der Waals surface area contributed by atoms with Gasteiger partial charge >= 0.3 is 5.97 Å². The molecule has 2 aliphatic rings. The Kier molecular flexibility index (Phi) is 3.13. The third-order valence-corrected chi connectivity index (χ3v) is 2.67. The van der Waals surface area contributed by atoms with Gasteiger partial charge in [0.05, 0.1) is 6.10 Å². The first-order chi connectivity index (χ1) is 7.66. The fourth-order valence-electron chi connectivity index (χ4n) is 1.96. The van der Waals surface area contributed by atoms with E-state index in [4.69, 9.17) is 9.47 Å². The molecule has 0 aromatic rings. The molecule has 2 rings (SSSR count). The topological polar surface area (TPSA) is 35.5 Å². The summed E-state index contributed by atoms with van der Waals surface area (Å²) in [6.45, 7) is 3.89. The molecule has 0 radical (unpaired) electrons. The Morgan fingerprint density at radius 2 is 1.88 bits per heavy atom. The smallest absolute Gasteiger partial charge is 0.320 e. The lowest BCUT2D eigenvalue weighted by atomic mass is 10.1. The second-order valence-electron chi connectivity index (χ2n) is 4.23. The third-order valence-electron chi connectivity index (χ3n) is 2.67. The van der Waals surface area contributed by atoms with Crippen molar-refractivity contribution in [2.45, 2.75) is 32.5 Å². The predicted octanol–water partition coefficient (Wildman–Crippen LogP) is 2.35. The van der Waals surface area contributed by atoms with E-state index in [0.29, 0.717) is 5.76 Å². The van der Waals surface area contributed by atoms with Crippen molar-refractivity contribution >= 4 is 5.97 Å². The van der Waals surface area contributed by atoms with E-state index in [1.807, 2.05) is 44.2 Å². The minimum atomic E-state index is -0.403. The van der Waals surface area contributed by atoms with E-state index >= 15 is 0 Å². The molecule has 0 aromatic heterocycles. The van der Waals surface area contributed by atoms with Gasteiger partial charge in [0.2, 0.25) is 0 Å². The van der Waals surface area contributed by atoms with E-state index in [-0.39, 0.29) is 18.2 Å². The van der Waals surface area contributed by atoms with Crippen LogP contribution in [0.5, 0.6) is 0 Å². The van der Waals surface area contributed by atoms with Gasteiger partial charge in [-0.05, 0) is 19.9 Å². The summed E-state index contributed by atoms with van der Waals surface area (Å²) < 4.78 is 11.1. The molecule has 1 saturated heterocycles. The highest BCUT2D eigenvalue weighted by molar-refractivity contribution is 5.78. The maximum atomic E-state index is 11.8. The lowest BCUT2D eigenvalue weighted by Crippen LogP contribution is -2.31. The van der Waals surface area contributed by atoms with Gasteiger partial charge in [0.15, 0.2) is 0 Å². The van der Waals surface area contributed by atoms with Crippen LogP contribution in [0.3, 0.4) is 0 Å². The summed E-state index contributed by atoms with van der Waals surface area (Å²) >= 11 is 0. The average molecular weight is 220 g/mol. The lowest BCUT2D eigenvalue weighted by molar-refractivity contribution is -0.155. The fourth-order valence-corrected chi connectivity index (χ4v) is 1.96. The first-order valence-corrected chi connectivity index (χ1v) is 5.59. The number of esters is 1. The Bertz CT molecular complexity index is 365. The quantitative estimate of drug-likeness (QED) is 0.588. The number of cyclic esters (lactones) is 1. The van der Waals surface area contributed by atoms with Gasteiger partial charge in [-0.15, -0.1) is 0 Å². The van der Waals surface area contributed by atoms with Crippen LogP contribution in [0.15, 0.2) is 36.1 Å². The van der Waals surface area contributed by atoms with E-state index in [0.717, 1.165) is 6.42 Å². The summed E-state index contributed by atoms with van der Waals surface area (Å²) in [5.41, 5.74) is 0. The molecule has 0 bridgehead atoms. The van der Waals surface area contributed by atoms with Crippen molar-refractivity contribution in [2.24, 2.45) is 5.92 Å². The Balaban J connectivity index is 2.27. The Hall–Kier alpha value is -1.51. The molecular weight excluding hydrogens is 204 g/mol. The van der Waals surface area contributed by atoms with Crippen molar-refractivity contribution in [3.63, 3.8) is 0 Å². The molecule has 1 aliphatic carbocycles. The van der Waals surface area contributed by atoms with E-state index in [1.54, 1.807) is 0 Å². The number of carbonyl (C=O) groups excluding carboxylic acids is 1. The van der Waals surface area contributed by atoms with E-state index in [9.17, 15) is 4.79 Å². The number of fused-ring (bicyclic) bond motifs is 1. The first-order valence-electron chi connectivity index (χ1n) is 5.59. The van der Waals surface area contributed by atoms with Crippen LogP contribution in [0, 0.1) is 5.92 Å². The minimum Gasteiger partial charge on any atom is -0.494 e. The van der Waals surface area contributed by atoms with E-state index in [2.05, 4.69) is 0 Å². The van der Waals surface area contributed by atoms with Crippen LogP contribution in [0.4, 0.5) is 0 Å². The molecule has 0 spiro atoms. The second kappa shape index (κ2) is 4.56. The van der Waals surface area contributed by atoms with Gasteiger partial charge in [0.25, 0.3) is 0 Å². The zero-order valence-corrected chi connectivity index (χ0v) is 9.55. The SMILES string of the molecule is C[C@@H]1C[C@H](C)OC2=CC=CC=C[C@H]2C(=O)O1. The first kappa shape index (κ1) is 11.0. The molecule has 0 saturated carbocycles. The number of carbonyl (C=O) groups is 1. The molecule has 0 unspecified atom stereocenters.